The third-order valence-corrected chi connectivity index (χ3v) is 7.13. The molecule has 4 rings (SSSR count). The van der Waals surface area contributed by atoms with Gasteiger partial charge in [0.05, 0.1) is 0 Å². The summed E-state index contributed by atoms with van der Waals surface area (Å²) in [5.41, 5.74) is 5.29. The van der Waals surface area contributed by atoms with E-state index < -0.39 is 6.04 Å². The van der Waals surface area contributed by atoms with Crippen molar-refractivity contribution in [1.29, 1.82) is 0 Å². The van der Waals surface area contributed by atoms with Crippen LogP contribution in [0.3, 0.4) is 0 Å². The Morgan fingerprint density at radius 1 is 0.919 bits per heavy atom. The molecule has 0 aromatic heterocycles. The standard InChI is InChI=1S/C32H38N2O3/c1-23-17-24(2)19-29(18-23)37-22-31(35)34(21-27-14-8-7-11-25(27)3)30(20-26-12-5-4-6-13-26)32(36)33-28-15-9-10-16-28/h4-8,11-14,17-19,28,30H,9-10,15-16,20-22H2,1-3H3,(H,33,36)/t30-/m0/s1. The summed E-state index contributed by atoms with van der Waals surface area (Å²) in [7, 11) is 0. The smallest absolute Gasteiger partial charge is 0.261 e. The number of carbonyl (C=O) groups excluding carboxylic acids is 2. The fourth-order valence-corrected chi connectivity index (χ4v) is 5.14. The molecule has 1 N–H and O–H groups in total. The van der Waals surface area contributed by atoms with Gasteiger partial charge >= 0.3 is 0 Å². The van der Waals surface area contributed by atoms with Crippen LogP contribution in [0.1, 0.15) is 53.5 Å². The summed E-state index contributed by atoms with van der Waals surface area (Å²) in [5, 5.41) is 3.25. The van der Waals surface area contributed by atoms with E-state index in [0.29, 0.717) is 18.7 Å². The average molecular weight is 499 g/mol. The summed E-state index contributed by atoms with van der Waals surface area (Å²) in [6.45, 7) is 6.27. The normalized spacial score (nSPS) is 14.2. The van der Waals surface area contributed by atoms with Crippen molar-refractivity contribution in [2.75, 3.05) is 6.61 Å². The van der Waals surface area contributed by atoms with Crippen LogP contribution in [0.5, 0.6) is 5.75 Å². The molecule has 194 valence electrons. The number of ether oxygens (including phenoxy) is 1. The highest BCUT2D eigenvalue weighted by Gasteiger charge is 2.32. The van der Waals surface area contributed by atoms with Crippen LogP contribution < -0.4 is 10.1 Å². The number of aryl methyl sites for hydroxylation is 3. The number of nitrogens with zero attached hydrogens (tertiary/aromatic N) is 1. The molecule has 0 unspecified atom stereocenters. The maximum Gasteiger partial charge on any atom is 0.261 e. The third-order valence-electron chi connectivity index (χ3n) is 7.13. The van der Waals surface area contributed by atoms with Gasteiger partial charge in [-0.05, 0) is 73.6 Å². The van der Waals surface area contributed by atoms with Crippen LogP contribution in [-0.2, 0) is 22.6 Å². The third kappa shape index (κ3) is 7.45. The van der Waals surface area contributed by atoms with Crippen molar-refractivity contribution in [3.05, 3.63) is 101 Å². The largest absolute Gasteiger partial charge is 0.484 e. The SMILES string of the molecule is Cc1cc(C)cc(OCC(=O)N(Cc2ccccc2C)[C@@H](Cc2ccccc2)C(=O)NC2CCCC2)c1. The lowest BCUT2D eigenvalue weighted by atomic mass is 10.0. The summed E-state index contributed by atoms with van der Waals surface area (Å²) < 4.78 is 5.97. The predicted octanol–water partition coefficient (Wildman–Crippen LogP) is 5.69. The van der Waals surface area contributed by atoms with E-state index in [2.05, 4.69) is 11.4 Å². The Labute approximate surface area is 220 Å². The van der Waals surface area contributed by atoms with Gasteiger partial charge in [0.1, 0.15) is 11.8 Å². The van der Waals surface area contributed by atoms with E-state index in [1.165, 1.54) is 0 Å². The minimum Gasteiger partial charge on any atom is -0.484 e. The summed E-state index contributed by atoms with van der Waals surface area (Å²) in [4.78, 5) is 29.2. The van der Waals surface area contributed by atoms with E-state index >= 15 is 0 Å². The Bertz CT molecular complexity index is 1180. The zero-order valence-electron chi connectivity index (χ0n) is 22.2. The van der Waals surface area contributed by atoms with Gasteiger partial charge in [-0.3, -0.25) is 9.59 Å². The summed E-state index contributed by atoms with van der Waals surface area (Å²) in [6, 6.07) is 23.4. The zero-order valence-corrected chi connectivity index (χ0v) is 22.2. The first-order valence-corrected chi connectivity index (χ1v) is 13.3. The molecular formula is C32H38N2O3. The van der Waals surface area contributed by atoms with Gasteiger partial charge < -0.3 is 15.0 Å². The van der Waals surface area contributed by atoms with E-state index in [9.17, 15) is 9.59 Å². The number of nitrogens with one attached hydrogen (secondary N) is 1. The number of amides is 2. The molecule has 1 aliphatic rings. The number of hydrogen-bond acceptors (Lipinski definition) is 3. The van der Waals surface area contributed by atoms with Crippen LogP contribution in [0.4, 0.5) is 0 Å². The molecule has 0 bridgehead atoms. The molecule has 2 amide bonds. The van der Waals surface area contributed by atoms with Gasteiger partial charge in [-0.15, -0.1) is 0 Å². The Morgan fingerprint density at radius 2 is 1.57 bits per heavy atom. The molecule has 3 aromatic rings. The summed E-state index contributed by atoms with van der Waals surface area (Å²) in [5.74, 6) is 0.366. The van der Waals surface area contributed by atoms with Crippen molar-refractivity contribution in [2.45, 2.75) is 71.5 Å². The number of benzene rings is 3. The Balaban J connectivity index is 1.62. The molecule has 1 saturated carbocycles. The highest BCUT2D eigenvalue weighted by Crippen LogP contribution is 2.22. The highest BCUT2D eigenvalue weighted by molar-refractivity contribution is 5.88. The Morgan fingerprint density at radius 3 is 2.24 bits per heavy atom. The molecule has 0 aliphatic heterocycles. The van der Waals surface area contributed by atoms with Crippen LogP contribution in [0.15, 0.2) is 72.8 Å². The second kappa shape index (κ2) is 12.6. The van der Waals surface area contributed by atoms with Gasteiger partial charge in [-0.25, -0.2) is 0 Å². The lowest BCUT2D eigenvalue weighted by Crippen LogP contribution is -2.53. The average Bonchev–Trinajstić information content (AvgIpc) is 3.39. The molecule has 0 heterocycles. The molecule has 0 radical (unpaired) electrons. The quantitative estimate of drug-likeness (QED) is 0.391. The molecular weight excluding hydrogens is 460 g/mol. The van der Waals surface area contributed by atoms with Gasteiger partial charge in [-0.2, -0.15) is 0 Å². The predicted molar refractivity (Wildman–Crippen MR) is 147 cm³/mol. The van der Waals surface area contributed by atoms with Crippen molar-refractivity contribution in [3.8, 4) is 5.75 Å². The molecule has 1 atom stereocenters. The molecule has 1 aliphatic carbocycles. The van der Waals surface area contributed by atoms with E-state index in [1.54, 1.807) is 4.90 Å². The monoisotopic (exact) mass is 498 g/mol. The lowest BCUT2D eigenvalue weighted by Gasteiger charge is -2.32. The Hall–Kier alpha value is -3.60. The van der Waals surface area contributed by atoms with Crippen molar-refractivity contribution >= 4 is 11.8 Å². The first-order chi connectivity index (χ1) is 17.9. The summed E-state index contributed by atoms with van der Waals surface area (Å²) >= 11 is 0. The highest BCUT2D eigenvalue weighted by atomic mass is 16.5. The van der Waals surface area contributed by atoms with Gasteiger partial charge in [0.25, 0.3) is 5.91 Å². The van der Waals surface area contributed by atoms with E-state index in [0.717, 1.165) is 53.5 Å². The van der Waals surface area contributed by atoms with Crippen LogP contribution in [-0.4, -0.2) is 35.4 Å². The van der Waals surface area contributed by atoms with E-state index in [-0.39, 0.29) is 24.5 Å². The molecule has 0 saturated heterocycles. The van der Waals surface area contributed by atoms with Crippen LogP contribution >= 0.6 is 0 Å². The van der Waals surface area contributed by atoms with Gasteiger partial charge in [0.15, 0.2) is 6.61 Å². The number of carbonyl (C=O) groups is 2. The number of rotatable bonds is 10. The molecule has 5 heteroatoms. The van der Waals surface area contributed by atoms with Gasteiger partial charge in [0.2, 0.25) is 5.91 Å². The van der Waals surface area contributed by atoms with Crippen molar-refractivity contribution in [2.24, 2.45) is 0 Å². The van der Waals surface area contributed by atoms with Gasteiger partial charge in [-0.1, -0.05) is 73.5 Å². The summed E-state index contributed by atoms with van der Waals surface area (Å²) in [6.07, 6.45) is 4.69. The lowest BCUT2D eigenvalue weighted by molar-refractivity contribution is -0.143. The van der Waals surface area contributed by atoms with Crippen LogP contribution in [0.25, 0.3) is 0 Å². The minimum atomic E-state index is -0.641. The van der Waals surface area contributed by atoms with Crippen molar-refractivity contribution in [3.63, 3.8) is 0 Å². The molecule has 3 aromatic carbocycles. The Kier molecular flexibility index (Phi) is 8.99. The second-order valence-electron chi connectivity index (χ2n) is 10.3. The molecule has 37 heavy (non-hydrogen) atoms. The topological polar surface area (TPSA) is 58.6 Å². The fraction of sp³-hybridized carbons (Fsp3) is 0.375. The maximum absolute atomic E-state index is 13.8. The first-order valence-electron chi connectivity index (χ1n) is 13.3. The molecule has 0 spiro atoms. The molecule has 1 fully saturated rings. The van der Waals surface area contributed by atoms with Crippen molar-refractivity contribution < 1.29 is 14.3 Å². The minimum absolute atomic E-state index is 0.0934. The van der Waals surface area contributed by atoms with Crippen LogP contribution in [0.2, 0.25) is 0 Å². The second-order valence-corrected chi connectivity index (χ2v) is 10.3. The van der Waals surface area contributed by atoms with Crippen LogP contribution in [0, 0.1) is 20.8 Å². The van der Waals surface area contributed by atoms with Crippen molar-refractivity contribution in [1.82, 2.24) is 10.2 Å². The molecule has 5 nitrogen and oxygen atoms in total. The first kappa shape index (κ1) is 26.5. The van der Waals surface area contributed by atoms with E-state index in [4.69, 9.17) is 4.74 Å². The number of hydrogen-bond donors (Lipinski definition) is 1. The maximum atomic E-state index is 13.8. The fourth-order valence-electron chi connectivity index (χ4n) is 5.14. The zero-order chi connectivity index (χ0) is 26.2. The van der Waals surface area contributed by atoms with Gasteiger partial charge in [0, 0.05) is 19.0 Å². The van der Waals surface area contributed by atoms with E-state index in [1.807, 2.05) is 87.5 Å².